The summed E-state index contributed by atoms with van der Waals surface area (Å²) in [7, 11) is 1.78. The molecular weight excluding hydrogens is 390 g/mol. The number of amides is 2. The Morgan fingerprint density at radius 3 is 2.45 bits per heavy atom. The molecule has 0 spiro atoms. The molecule has 7 nitrogen and oxygen atoms in total. The first-order chi connectivity index (χ1) is 14.9. The van der Waals surface area contributed by atoms with Crippen LogP contribution in [0.15, 0.2) is 60.8 Å². The number of hydrogen-bond acceptors (Lipinski definition) is 5. The van der Waals surface area contributed by atoms with Gasteiger partial charge in [-0.2, -0.15) is 0 Å². The zero-order valence-electron chi connectivity index (χ0n) is 18.1. The van der Waals surface area contributed by atoms with Crippen molar-refractivity contribution in [1.29, 1.82) is 0 Å². The lowest BCUT2D eigenvalue weighted by Crippen LogP contribution is -2.41. The molecule has 3 rings (SSSR count). The molecule has 1 unspecified atom stereocenters. The number of nitrogens with one attached hydrogen (secondary N) is 1. The average molecular weight is 418 g/mol. The highest BCUT2D eigenvalue weighted by Crippen LogP contribution is 2.14. The molecule has 0 aliphatic rings. The van der Waals surface area contributed by atoms with Crippen LogP contribution in [0.3, 0.4) is 0 Å². The van der Waals surface area contributed by atoms with E-state index in [1.807, 2.05) is 49.4 Å². The van der Waals surface area contributed by atoms with Crippen LogP contribution in [0.5, 0.6) is 0 Å². The number of carbonyl (C=O) groups is 2. The number of benzene rings is 1. The van der Waals surface area contributed by atoms with Gasteiger partial charge in [0.2, 0.25) is 0 Å². The maximum atomic E-state index is 13.0. The number of aryl methyl sites for hydroxylation is 2. The van der Waals surface area contributed by atoms with Crippen LogP contribution in [0.1, 0.15) is 44.5 Å². The second kappa shape index (κ2) is 10.4. The minimum Gasteiger partial charge on any atom is -0.351 e. The topological polar surface area (TPSA) is 88.1 Å². The molecule has 0 saturated carbocycles. The van der Waals surface area contributed by atoms with Crippen LogP contribution < -0.4 is 5.32 Å². The van der Waals surface area contributed by atoms with E-state index in [2.05, 4.69) is 20.3 Å². The van der Waals surface area contributed by atoms with Gasteiger partial charge < -0.3 is 10.2 Å². The molecule has 0 aliphatic carbocycles. The van der Waals surface area contributed by atoms with E-state index in [0.29, 0.717) is 36.6 Å². The fourth-order valence-electron chi connectivity index (χ4n) is 3.35. The van der Waals surface area contributed by atoms with E-state index < -0.39 is 0 Å². The fraction of sp³-hybridized carbons (Fsp3) is 0.292. The molecule has 2 amide bonds. The number of pyridine rings is 1. The van der Waals surface area contributed by atoms with Crippen LogP contribution in [0.2, 0.25) is 0 Å². The number of rotatable bonds is 8. The Kier molecular flexibility index (Phi) is 7.43. The summed E-state index contributed by atoms with van der Waals surface area (Å²) in [6.07, 6.45) is 2.86. The molecule has 0 saturated heterocycles. The third-order valence-electron chi connectivity index (χ3n) is 5.06. The number of carbonyl (C=O) groups excluding carboxylic acids is 2. The van der Waals surface area contributed by atoms with Gasteiger partial charge in [-0.1, -0.05) is 36.4 Å². The van der Waals surface area contributed by atoms with Gasteiger partial charge in [0.15, 0.2) is 0 Å². The highest BCUT2D eigenvalue weighted by molar-refractivity contribution is 5.93. The van der Waals surface area contributed by atoms with Crippen molar-refractivity contribution in [3.05, 3.63) is 89.3 Å². The third kappa shape index (κ3) is 6.18. The number of nitrogens with zero attached hydrogens (tertiary/aromatic N) is 4. The molecule has 2 heterocycles. The maximum Gasteiger partial charge on any atom is 0.272 e. The van der Waals surface area contributed by atoms with Crippen molar-refractivity contribution in [2.24, 2.45) is 0 Å². The van der Waals surface area contributed by atoms with E-state index in [0.717, 1.165) is 11.3 Å². The monoisotopic (exact) mass is 417 g/mol. The van der Waals surface area contributed by atoms with Gasteiger partial charge in [0.25, 0.3) is 11.8 Å². The standard InChI is InChI=1S/C24H27N5O2/c1-17-8-7-11-21(27-17)23(30)26-14-12-20(16-19-9-5-4-6-10-19)29(3)24(31)22-13-15-25-18(2)28-22/h4-11,13,15,20H,12,14,16H2,1-3H3,(H,26,30). The minimum atomic E-state index is -0.220. The molecule has 3 aromatic rings. The molecule has 31 heavy (non-hydrogen) atoms. The molecule has 160 valence electrons. The lowest BCUT2D eigenvalue weighted by atomic mass is 10.0. The smallest absolute Gasteiger partial charge is 0.272 e. The summed E-state index contributed by atoms with van der Waals surface area (Å²) in [4.78, 5) is 39.7. The molecule has 0 radical (unpaired) electrons. The summed E-state index contributed by atoms with van der Waals surface area (Å²) in [6, 6.07) is 16.9. The van der Waals surface area contributed by atoms with E-state index in [1.165, 1.54) is 0 Å². The predicted octanol–water partition coefficient (Wildman–Crippen LogP) is 2.99. The van der Waals surface area contributed by atoms with E-state index >= 15 is 0 Å². The number of aromatic nitrogens is 3. The van der Waals surface area contributed by atoms with Crippen molar-refractivity contribution in [2.45, 2.75) is 32.7 Å². The fourth-order valence-corrected chi connectivity index (χ4v) is 3.35. The van der Waals surface area contributed by atoms with Crippen LogP contribution in [0.25, 0.3) is 0 Å². The molecule has 0 aliphatic heterocycles. The van der Waals surface area contributed by atoms with Crippen LogP contribution in [0.4, 0.5) is 0 Å². The predicted molar refractivity (Wildman–Crippen MR) is 119 cm³/mol. The molecule has 1 N–H and O–H groups in total. The Labute approximate surface area is 182 Å². The van der Waals surface area contributed by atoms with Gasteiger partial charge in [-0.3, -0.25) is 9.59 Å². The first-order valence-corrected chi connectivity index (χ1v) is 10.3. The Bertz CT molecular complexity index is 1040. The molecule has 1 atom stereocenters. The SMILES string of the molecule is Cc1cccc(C(=O)NCCC(Cc2ccccc2)N(C)C(=O)c2ccnc(C)n2)n1. The zero-order valence-corrected chi connectivity index (χ0v) is 18.1. The summed E-state index contributed by atoms with van der Waals surface area (Å²) in [5.74, 6) is 0.164. The van der Waals surface area contributed by atoms with Crippen LogP contribution in [0, 0.1) is 13.8 Å². The Balaban J connectivity index is 1.70. The lowest BCUT2D eigenvalue weighted by Gasteiger charge is -2.28. The van der Waals surface area contributed by atoms with Crippen LogP contribution in [-0.4, -0.2) is 51.3 Å². The van der Waals surface area contributed by atoms with E-state index in [4.69, 9.17) is 0 Å². The average Bonchev–Trinajstić information content (AvgIpc) is 2.78. The van der Waals surface area contributed by atoms with E-state index in [-0.39, 0.29) is 17.9 Å². The molecular formula is C24H27N5O2. The molecule has 1 aromatic carbocycles. The Hall–Kier alpha value is -3.61. The molecule has 7 heteroatoms. The Morgan fingerprint density at radius 2 is 1.74 bits per heavy atom. The van der Waals surface area contributed by atoms with Gasteiger partial charge in [0, 0.05) is 31.5 Å². The summed E-state index contributed by atoms with van der Waals surface area (Å²) in [6.45, 7) is 4.03. The van der Waals surface area contributed by atoms with Crippen LogP contribution in [-0.2, 0) is 6.42 Å². The zero-order chi connectivity index (χ0) is 22.2. The highest BCUT2D eigenvalue weighted by atomic mass is 16.2. The first kappa shape index (κ1) is 22.1. The quantitative estimate of drug-likeness (QED) is 0.609. The number of likely N-dealkylation sites (N-methyl/N-ethyl adjacent to an activating group) is 1. The van der Waals surface area contributed by atoms with E-state index in [9.17, 15) is 9.59 Å². The van der Waals surface area contributed by atoms with Crippen LogP contribution >= 0.6 is 0 Å². The largest absolute Gasteiger partial charge is 0.351 e. The van der Waals surface area contributed by atoms with Crippen molar-refractivity contribution < 1.29 is 9.59 Å². The highest BCUT2D eigenvalue weighted by Gasteiger charge is 2.23. The lowest BCUT2D eigenvalue weighted by molar-refractivity contribution is 0.0716. The summed E-state index contributed by atoms with van der Waals surface area (Å²) in [5.41, 5.74) is 2.67. The second-order valence-electron chi connectivity index (χ2n) is 7.46. The summed E-state index contributed by atoms with van der Waals surface area (Å²) >= 11 is 0. The molecule has 0 fully saturated rings. The van der Waals surface area contributed by atoms with Gasteiger partial charge >= 0.3 is 0 Å². The van der Waals surface area contributed by atoms with Crippen molar-refractivity contribution in [2.75, 3.05) is 13.6 Å². The number of hydrogen-bond donors (Lipinski definition) is 1. The van der Waals surface area contributed by atoms with Crippen molar-refractivity contribution in [3.63, 3.8) is 0 Å². The van der Waals surface area contributed by atoms with Gasteiger partial charge in [-0.15, -0.1) is 0 Å². The summed E-state index contributed by atoms with van der Waals surface area (Å²) < 4.78 is 0. The summed E-state index contributed by atoms with van der Waals surface area (Å²) in [5, 5.41) is 2.92. The third-order valence-corrected chi connectivity index (χ3v) is 5.06. The van der Waals surface area contributed by atoms with Crippen molar-refractivity contribution >= 4 is 11.8 Å². The normalized spacial score (nSPS) is 11.6. The first-order valence-electron chi connectivity index (χ1n) is 10.3. The molecule has 0 bridgehead atoms. The minimum absolute atomic E-state index is 0.115. The Morgan fingerprint density at radius 1 is 0.968 bits per heavy atom. The maximum absolute atomic E-state index is 13.0. The van der Waals surface area contributed by atoms with Gasteiger partial charge in [-0.05, 0) is 50.5 Å². The second-order valence-corrected chi connectivity index (χ2v) is 7.46. The molecule has 2 aromatic heterocycles. The van der Waals surface area contributed by atoms with Gasteiger partial charge in [-0.25, -0.2) is 15.0 Å². The van der Waals surface area contributed by atoms with E-state index in [1.54, 1.807) is 37.2 Å². The van der Waals surface area contributed by atoms with Gasteiger partial charge in [0.1, 0.15) is 17.2 Å². The van der Waals surface area contributed by atoms with Crippen molar-refractivity contribution in [3.8, 4) is 0 Å². The van der Waals surface area contributed by atoms with Gasteiger partial charge in [0.05, 0.1) is 0 Å². The van der Waals surface area contributed by atoms with Crippen molar-refractivity contribution in [1.82, 2.24) is 25.2 Å².